The van der Waals surface area contributed by atoms with Gasteiger partial charge in [-0.1, -0.05) is 39.7 Å². The van der Waals surface area contributed by atoms with E-state index < -0.39 is 6.10 Å². The highest BCUT2D eigenvalue weighted by molar-refractivity contribution is 9.10. The van der Waals surface area contributed by atoms with Gasteiger partial charge in [0, 0.05) is 29.3 Å². The largest absolute Gasteiger partial charge is 0.388 e. The van der Waals surface area contributed by atoms with Crippen LogP contribution in [0.1, 0.15) is 28.7 Å². The first-order valence-electron chi connectivity index (χ1n) is 6.17. The van der Waals surface area contributed by atoms with E-state index >= 15 is 0 Å². The molecule has 1 aromatic heterocycles. The molecule has 0 aliphatic rings. The van der Waals surface area contributed by atoms with Crippen molar-refractivity contribution in [3.63, 3.8) is 0 Å². The summed E-state index contributed by atoms with van der Waals surface area (Å²) in [4.78, 5) is 4.09. The van der Waals surface area contributed by atoms with Gasteiger partial charge in [0.05, 0.1) is 6.10 Å². The molecule has 1 aromatic carbocycles. The highest BCUT2D eigenvalue weighted by atomic mass is 79.9. The number of aryl methyl sites for hydroxylation is 1. The van der Waals surface area contributed by atoms with Crippen molar-refractivity contribution in [2.24, 2.45) is 5.73 Å². The van der Waals surface area contributed by atoms with Crippen molar-refractivity contribution in [3.8, 4) is 0 Å². The molecule has 0 fully saturated rings. The van der Waals surface area contributed by atoms with Gasteiger partial charge in [-0.15, -0.1) is 0 Å². The van der Waals surface area contributed by atoms with E-state index in [9.17, 15) is 5.11 Å². The van der Waals surface area contributed by atoms with Gasteiger partial charge in [0.25, 0.3) is 0 Å². The molecule has 3 nitrogen and oxygen atoms in total. The molecule has 1 heterocycles. The lowest BCUT2D eigenvalue weighted by atomic mass is 9.89. The maximum absolute atomic E-state index is 10.6. The van der Waals surface area contributed by atoms with Gasteiger partial charge in [0.1, 0.15) is 0 Å². The summed E-state index contributed by atoms with van der Waals surface area (Å²) in [5.41, 5.74) is 8.75. The lowest BCUT2D eigenvalue weighted by molar-refractivity contribution is 0.146. The van der Waals surface area contributed by atoms with Crippen LogP contribution in [0.2, 0.25) is 0 Å². The third-order valence-corrected chi connectivity index (χ3v) is 3.94. The standard InChI is InChI=1S/C15H17BrN2O/c1-10-4-5-14(16)12(7-10)15(19)13(8-17)11-3-2-6-18-9-11/h2-7,9,13,15,19H,8,17H2,1H3. The zero-order valence-corrected chi connectivity index (χ0v) is 12.3. The SMILES string of the molecule is Cc1ccc(Br)c(C(O)C(CN)c2cccnc2)c1. The Balaban J connectivity index is 2.36. The summed E-state index contributed by atoms with van der Waals surface area (Å²) < 4.78 is 0.896. The van der Waals surface area contributed by atoms with Crippen LogP contribution < -0.4 is 5.73 Å². The molecule has 0 spiro atoms. The third kappa shape index (κ3) is 3.21. The van der Waals surface area contributed by atoms with Crippen LogP contribution >= 0.6 is 15.9 Å². The zero-order valence-electron chi connectivity index (χ0n) is 10.8. The van der Waals surface area contributed by atoms with E-state index in [4.69, 9.17) is 5.73 Å². The van der Waals surface area contributed by atoms with Gasteiger partial charge in [0.2, 0.25) is 0 Å². The van der Waals surface area contributed by atoms with E-state index in [0.29, 0.717) is 6.54 Å². The molecular weight excluding hydrogens is 304 g/mol. The zero-order chi connectivity index (χ0) is 13.8. The van der Waals surface area contributed by atoms with E-state index in [1.165, 1.54) is 0 Å². The highest BCUT2D eigenvalue weighted by Crippen LogP contribution is 2.34. The lowest BCUT2D eigenvalue weighted by Gasteiger charge is -2.23. The Hall–Kier alpha value is -1.23. The fraction of sp³-hybridized carbons (Fsp3) is 0.267. The normalized spacial score (nSPS) is 14.1. The van der Waals surface area contributed by atoms with E-state index in [2.05, 4.69) is 20.9 Å². The van der Waals surface area contributed by atoms with Crippen molar-refractivity contribution in [2.75, 3.05) is 6.54 Å². The van der Waals surface area contributed by atoms with Gasteiger partial charge in [-0.2, -0.15) is 0 Å². The van der Waals surface area contributed by atoms with E-state index in [1.807, 2.05) is 37.3 Å². The topological polar surface area (TPSA) is 59.1 Å². The molecule has 2 aromatic rings. The Morgan fingerprint density at radius 3 is 2.79 bits per heavy atom. The molecule has 3 N–H and O–H groups in total. The number of benzene rings is 1. The minimum atomic E-state index is -0.650. The number of halogens is 1. The molecule has 0 saturated heterocycles. The van der Waals surface area contributed by atoms with Crippen LogP contribution in [-0.4, -0.2) is 16.6 Å². The minimum absolute atomic E-state index is 0.160. The predicted octanol–water partition coefficient (Wildman–Crippen LogP) is 2.93. The fourth-order valence-corrected chi connectivity index (χ4v) is 2.63. The van der Waals surface area contributed by atoms with Crippen molar-refractivity contribution in [1.82, 2.24) is 4.98 Å². The summed E-state index contributed by atoms with van der Waals surface area (Å²) >= 11 is 3.48. The van der Waals surface area contributed by atoms with Crippen LogP contribution in [0.5, 0.6) is 0 Å². The summed E-state index contributed by atoms with van der Waals surface area (Å²) in [5, 5.41) is 10.6. The smallest absolute Gasteiger partial charge is 0.0882 e. The van der Waals surface area contributed by atoms with Crippen LogP contribution in [0.4, 0.5) is 0 Å². The van der Waals surface area contributed by atoms with Crippen LogP contribution in [0.3, 0.4) is 0 Å². The molecular formula is C15H17BrN2O. The Labute approximate surface area is 121 Å². The molecule has 0 saturated carbocycles. The van der Waals surface area contributed by atoms with Gasteiger partial charge in [0.15, 0.2) is 0 Å². The number of rotatable bonds is 4. The van der Waals surface area contributed by atoms with Crippen molar-refractivity contribution < 1.29 is 5.11 Å². The summed E-state index contributed by atoms with van der Waals surface area (Å²) in [7, 11) is 0. The first-order valence-corrected chi connectivity index (χ1v) is 6.97. The van der Waals surface area contributed by atoms with Gasteiger partial charge in [-0.25, -0.2) is 0 Å². The average Bonchev–Trinajstić information content (AvgIpc) is 2.43. The molecule has 0 amide bonds. The Morgan fingerprint density at radius 1 is 1.37 bits per heavy atom. The number of pyridine rings is 1. The Bertz CT molecular complexity index is 545. The van der Waals surface area contributed by atoms with Crippen molar-refractivity contribution in [1.29, 1.82) is 0 Å². The second-order valence-electron chi connectivity index (χ2n) is 4.60. The second kappa shape index (κ2) is 6.28. The molecule has 19 heavy (non-hydrogen) atoms. The highest BCUT2D eigenvalue weighted by Gasteiger charge is 2.23. The van der Waals surface area contributed by atoms with Gasteiger partial charge >= 0.3 is 0 Å². The monoisotopic (exact) mass is 320 g/mol. The number of aliphatic hydroxyl groups excluding tert-OH is 1. The molecule has 0 radical (unpaired) electrons. The summed E-state index contributed by atoms with van der Waals surface area (Å²) in [6, 6.07) is 9.73. The molecule has 2 unspecified atom stereocenters. The Kier molecular flexibility index (Phi) is 4.69. The maximum atomic E-state index is 10.6. The maximum Gasteiger partial charge on any atom is 0.0882 e. The van der Waals surface area contributed by atoms with Crippen LogP contribution in [0.15, 0.2) is 47.2 Å². The van der Waals surface area contributed by atoms with E-state index in [-0.39, 0.29) is 5.92 Å². The molecule has 0 aliphatic heterocycles. The molecule has 2 rings (SSSR count). The summed E-state index contributed by atoms with van der Waals surface area (Å²) in [5.74, 6) is -0.160. The number of aromatic nitrogens is 1. The van der Waals surface area contributed by atoms with Crippen LogP contribution in [-0.2, 0) is 0 Å². The number of nitrogens with zero attached hydrogens (tertiary/aromatic N) is 1. The predicted molar refractivity (Wildman–Crippen MR) is 79.9 cm³/mol. The fourth-order valence-electron chi connectivity index (χ4n) is 2.15. The lowest BCUT2D eigenvalue weighted by Crippen LogP contribution is -2.20. The number of hydrogen-bond acceptors (Lipinski definition) is 3. The second-order valence-corrected chi connectivity index (χ2v) is 5.45. The van der Waals surface area contributed by atoms with Crippen molar-refractivity contribution >= 4 is 15.9 Å². The average molecular weight is 321 g/mol. The summed E-state index contributed by atoms with van der Waals surface area (Å²) in [6.45, 7) is 2.37. The number of nitrogens with two attached hydrogens (primary N) is 1. The number of aliphatic hydroxyl groups is 1. The van der Waals surface area contributed by atoms with Crippen LogP contribution in [0, 0.1) is 6.92 Å². The molecule has 100 valence electrons. The molecule has 0 bridgehead atoms. The van der Waals surface area contributed by atoms with E-state index in [0.717, 1.165) is 21.2 Å². The van der Waals surface area contributed by atoms with Crippen molar-refractivity contribution in [3.05, 3.63) is 63.9 Å². The van der Waals surface area contributed by atoms with Crippen LogP contribution in [0.25, 0.3) is 0 Å². The third-order valence-electron chi connectivity index (χ3n) is 3.22. The Morgan fingerprint density at radius 2 is 2.16 bits per heavy atom. The quantitative estimate of drug-likeness (QED) is 0.910. The molecule has 4 heteroatoms. The number of hydrogen-bond donors (Lipinski definition) is 2. The molecule has 0 aliphatic carbocycles. The molecule has 2 atom stereocenters. The van der Waals surface area contributed by atoms with Gasteiger partial charge in [-0.3, -0.25) is 4.98 Å². The first kappa shape index (κ1) is 14.2. The first-order chi connectivity index (χ1) is 9.13. The van der Waals surface area contributed by atoms with Gasteiger partial charge in [-0.05, 0) is 30.2 Å². The van der Waals surface area contributed by atoms with Crippen molar-refractivity contribution in [2.45, 2.75) is 18.9 Å². The summed E-state index contributed by atoms with van der Waals surface area (Å²) in [6.07, 6.45) is 2.82. The minimum Gasteiger partial charge on any atom is -0.388 e. The van der Waals surface area contributed by atoms with Gasteiger partial charge < -0.3 is 10.8 Å². The van der Waals surface area contributed by atoms with E-state index in [1.54, 1.807) is 12.4 Å².